The highest BCUT2D eigenvalue weighted by Crippen LogP contribution is 2.50. The SMILES string of the molecule is CC1(C)c2ccccc2-c2ccc(-c3ccc(N(c4ccc(-c5cccc(-c6ccc7ccccc7c6)c5)cc4)c4ccc(-c5ccc6c(c5)oc5ccccc56)cc4)cc3)cc21. The van der Waals surface area contributed by atoms with Crippen LogP contribution in [0.25, 0.3) is 88.3 Å². The highest BCUT2D eigenvalue weighted by atomic mass is 16.3. The highest BCUT2D eigenvalue weighted by Gasteiger charge is 2.35. The number of hydrogen-bond donors (Lipinski definition) is 0. The molecule has 0 amide bonds. The van der Waals surface area contributed by atoms with Crippen molar-refractivity contribution in [3.8, 4) is 55.6 Å². The standard InChI is InChI=1S/C61H43NO/c1-61(2)57-16-7-5-14-53(57)54-34-26-48(38-58(54)61)42-22-30-51(31-23-42)62(52-32-24-43(25-33-52)49-27-35-56-55-15-6-8-17-59(55)63-60(56)39-49)50-28-20-41(21-29-50)45-12-9-13-46(36-45)47-19-18-40-10-3-4-11-44(40)37-47/h3-39H,1-2H3. The van der Waals surface area contributed by atoms with Crippen LogP contribution in [0.1, 0.15) is 25.0 Å². The molecular weight excluding hydrogens is 763 g/mol. The lowest BCUT2D eigenvalue weighted by Gasteiger charge is -2.26. The van der Waals surface area contributed by atoms with Crippen molar-refractivity contribution in [2.24, 2.45) is 0 Å². The van der Waals surface area contributed by atoms with Crippen molar-refractivity contribution in [2.75, 3.05) is 4.90 Å². The van der Waals surface area contributed by atoms with Crippen LogP contribution in [0.3, 0.4) is 0 Å². The Hall–Kier alpha value is -7.94. The van der Waals surface area contributed by atoms with E-state index in [1.807, 2.05) is 12.1 Å². The van der Waals surface area contributed by atoms with Crippen LogP contribution in [0.5, 0.6) is 0 Å². The Morgan fingerprint density at radius 2 is 0.810 bits per heavy atom. The van der Waals surface area contributed by atoms with Gasteiger partial charge in [0.1, 0.15) is 11.2 Å². The molecule has 0 fully saturated rings. The molecule has 12 rings (SSSR count). The van der Waals surface area contributed by atoms with Crippen molar-refractivity contribution in [3.05, 3.63) is 236 Å². The summed E-state index contributed by atoms with van der Waals surface area (Å²) in [4.78, 5) is 2.35. The number of furan rings is 1. The van der Waals surface area contributed by atoms with Gasteiger partial charge in [-0.1, -0.05) is 166 Å². The predicted molar refractivity (Wildman–Crippen MR) is 265 cm³/mol. The monoisotopic (exact) mass is 805 g/mol. The van der Waals surface area contributed by atoms with Gasteiger partial charge < -0.3 is 9.32 Å². The van der Waals surface area contributed by atoms with Crippen molar-refractivity contribution >= 4 is 49.8 Å². The van der Waals surface area contributed by atoms with Gasteiger partial charge in [-0.05, 0) is 150 Å². The van der Waals surface area contributed by atoms with Crippen LogP contribution in [0.15, 0.2) is 229 Å². The first-order valence-corrected chi connectivity index (χ1v) is 21.8. The summed E-state index contributed by atoms with van der Waals surface area (Å²) in [7, 11) is 0. The lowest BCUT2D eigenvalue weighted by molar-refractivity contribution is 0.660. The van der Waals surface area contributed by atoms with Gasteiger partial charge in [0, 0.05) is 33.2 Å². The van der Waals surface area contributed by atoms with Crippen molar-refractivity contribution < 1.29 is 4.42 Å². The predicted octanol–water partition coefficient (Wildman–Crippen LogP) is 17.2. The molecule has 0 saturated heterocycles. The fraction of sp³-hybridized carbons (Fsp3) is 0.0492. The number of fused-ring (bicyclic) bond motifs is 7. The number of hydrogen-bond acceptors (Lipinski definition) is 2. The number of benzene rings is 10. The van der Waals surface area contributed by atoms with Crippen molar-refractivity contribution in [3.63, 3.8) is 0 Å². The fourth-order valence-corrected chi connectivity index (χ4v) is 9.89. The summed E-state index contributed by atoms with van der Waals surface area (Å²) in [5.41, 5.74) is 20.0. The van der Waals surface area contributed by atoms with Crippen LogP contribution >= 0.6 is 0 Å². The van der Waals surface area contributed by atoms with Gasteiger partial charge in [-0.15, -0.1) is 0 Å². The number of para-hydroxylation sites is 1. The smallest absolute Gasteiger partial charge is 0.136 e. The first-order chi connectivity index (χ1) is 30.9. The first-order valence-electron chi connectivity index (χ1n) is 21.8. The average molecular weight is 806 g/mol. The molecule has 0 atom stereocenters. The zero-order valence-corrected chi connectivity index (χ0v) is 35.2. The molecule has 2 nitrogen and oxygen atoms in total. The zero-order valence-electron chi connectivity index (χ0n) is 35.2. The molecule has 10 aromatic carbocycles. The Bertz CT molecular complexity index is 3520. The third kappa shape index (κ3) is 6.34. The third-order valence-corrected chi connectivity index (χ3v) is 13.3. The minimum atomic E-state index is -0.0490. The van der Waals surface area contributed by atoms with E-state index in [4.69, 9.17) is 4.42 Å². The molecule has 0 radical (unpaired) electrons. The molecule has 0 aliphatic heterocycles. The van der Waals surface area contributed by atoms with E-state index in [9.17, 15) is 0 Å². The van der Waals surface area contributed by atoms with Gasteiger partial charge in [-0.3, -0.25) is 0 Å². The molecule has 63 heavy (non-hydrogen) atoms. The summed E-state index contributed by atoms with van der Waals surface area (Å²) in [6.45, 7) is 4.69. The Balaban J connectivity index is 0.894. The number of nitrogens with zero attached hydrogens (tertiary/aromatic N) is 1. The van der Waals surface area contributed by atoms with Crippen molar-refractivity contribution in [1.29, 1.82) is 0 Å². The van der Waals surface area contributed by atoms with E-state index in [2.05, 4.69) is 231 Å². The molecule has 1 aliphatic carbocycles. The number of rotatable bonds is 7. The van der Waals surface area contributed by atoms with E-state index in [-0.39, 0.29) is 5.41 Å². The molecule has 1 aliphatic rings. The molecule has 298 valence electrons. The van der Waals surface area contributed by atoms with Crippen LogP contribution in [0.2, 0.25) is 0 Å². The fourth-order valence-electron chi connectivity index (χ4n) is 9.89. The second-order valence-corrected chi connectivity index (χ2v) is 17.4. The first kappa shape index (κ1) is 36.9. The van der Waals surface area contributed by atoms with Gasteiger partial charge in [-0.25, -0.2) is 0 Å². The van der Waals surface area contributed by atoms with Crippen molar-refractivity contribution in [1.82, 2.24) is 0 Å². The van der Waals surface area contributed by atoms with Crippen molar-refractivity contribution in [2.45, 2.75) is 19.3 Å². The lowest BCUT2D eigenvalue weighted by Crippen LogP contribution is -2.14. The van der Waals surface area contributed by atoms with Gasteiger partial charge >= 0.3 is 0 Å². The Kier molecular flexibility index (Phi) is 8.55. The van der Waals surface area contributed by atoms with Crippen LogP contribution in [-0.2, 0) is 5.41 Å². The second-order valence-electron chi connectivity index (χ2n) is 17.4. The van der Waals surface area contributed by atoms with E-state index >= 15 is 0 Å². The Morgan fingerprint density at radius 3 is 1.52 bits per heavy atom. The lowest BCUT2D eigenvalue weighted by atomic mass is 9.81. The van der Waals surface area contributed by atoms with Gasteiger partial charge in [0.15, 0.2) is 0 Å². The van der Waals surface area contributed by atoms with E-state index in [1.165, 1.54) is 66.4 Å². The quantitative estimate of drug-likeness (QED) is 0.160. The molecule has 0 bridgehead atoms. The van der Waals surface area contributed by atoms with E-state index in [0.29, 0.717) is 0 Å². The van der Waals surface area contributed by atoms with E-state index in [0.717, 1.165) is 50.1 Å². The molecule has 0 saturated carbocycles. The second kappa shape index (κ2) is 14.6. The van der Waals surface area contributed by atoms with Crippen LogP contribution in [-0.4, -0.2) is 0 Å². The third-order valence-electron chi connectivity index (χ3n) is 13.3. The summed E-state index contributed by atoms with van der Waals surface area (Å²) < 4.78 is 6.26. The van der Waals surface area contributed by atoms with E-state index in [1.54, 1.807) is 0 Å². The summed E-state index contributed by atoms with van der Waals surface area (Å²) >= 11 is 0. The Labute approximate surface area is 368 Å². The molecule has 2 heteroatoms. The number of anilines is 3. The normalized spacial score (nSPS) is 12.7. The highest BCUT2D eigenvalue weighted by molar-refractivity contribution is 6.06. The molecule has 0 N–H and O–H groups in total. The van der Waals surface area contributed by atoms with Gasteiger partial charge in [0.25, 0.3) is 0 Å². The molecule has 0 unspecified atom stereocenters. The average Bonchev–Trinajstić information content (AvgIpc) is 3.83. The van der Waals surface area contributed by atoms with E-state index < -0.39 is 0 Å². The summed E-state index contributed by atoms with van der Waals surface area (Å²) in [5.74, 6) is 0. The van der Waals surface area contributed by atoms with Gasteiger partial charge in [0.05, 0.1) is 0 Å². The van der Waals surface area contributed by atoms with Gasteiger partial charge in [0.2, 0.25) is 0 Å². The summed E-state index contributed by atoms with van der Waals surface area (Å²) in [6.07, 6.45) is 0. The molecule has 0 spiro atoms. The minimum absolute atomic E-state index is 0.0490. The molecule has 11 aromatic rings. The molecular formula is C61H43NO. The maximum atomic E-state index is 6.26. The van der Waals surface area contributed by atoms with Crippen LogP contribution < -0.4 is 4.90 Å². The molecule has 1 heterocycles. The largest absolute Gasteiger partial charge is 0.456 e. The summed E-state index contributed by atoms with van der Waals surface area (Å²) in [5, 5.41) is 4.79. The maximum Gasteiger partial charge on any atom is 0.136 e. The zero-order chi connectivity index (χ0) is 42.1. The Morgan fingerprint density at radius 1 is 0.317 bits per heavy atom. The topological polar surface area (TPSA) is 16.4 Å². The van der Waals surface area contributed by atoms with Crippen LogP contribution in [0, 0.1) is 0 Å². The maximum absolute atomic E-state index is 6.26. The minimum Gasteiger partial charge on any atom is -0.456 e. The molecule has 1 aromatic heterocycles. The van der Waals surface area contributed by atoms with Gasteiger partial charge in [-0.2, -0.15) is 0 Å². The van der Waals surface area contributed by atoms with Crippen LogP contribution in [0.4, 0.5) is 17.1 Å². The summed E-state index contributed by atoms with van der Waals surface area (Å²) in [6, 6.07) is 81.7.